The van der Waals surface area contributed by atoms with E-state index in [1.165, 1.54) is 89.9 Å². The van der Waals surface area contributed by atoms with Gasteiger partial charge in [0, 0.05) is 12.8 Å². The van der Waals surface area contributed by atoms with Gasteiger partial charge in [-0.25, -0.2) is 4.57 Å². The molecule has 0 aromatic rings. The van der Waals surface area contributed by atoms with Gasteiger partial charge in [0.1, 0.15) is 6.61 Å². The first-order valence-corrected chi connectivity index (χ1v) is 20.2. The minimum Gasteiger partial charge on any atom is -0.462 e. The number of carbonyl (C=O) groups is 2. The molecule has 46 heavy (non-hydrogen) atoms. The van der Waals surface area contributed by atoms with E-state index in [0.717, 1.165) is 51.4 Å². The third-order valence-corrected chi connectivity index (χ3v) is 8.43. The lowest BCUT2D eigenvalue weighted by Crippen LogP contribution is -2.29. The molecule has 8 nitrogen and oxygen atoms in total. The molecule has 0 aromatic heterocycles. The summed E-state index contributed by atoms with van der Waals surface area (Å²) in [6.07, 6.45) is 36.1. The molecule has 1 atom stereocenters. The normalized spacial score (nSPS) is 12.7. The summed E-state index contributed by atoms with van der Waals surface area (Å²) >= 11 is 0. The van der Waals surface area contributed by atoms with Crippen LogP contribution in [0.2, 0.25) is 0 Å². The molecular weight excluding hydrogens is 603 g/mol. The second-order valence-electron chi connectivity index (χ2n) is 12.5. The second kappa shape index (κ2) is 33.4. The maximum absolute atomic E-state index is 12.3. The van der Waals surface area contributed by atoms with Gasteiger partial charge in [-0.05, 0) is 57.8 Å². The number of rotatable bonds is 34. The number of phosphoric ester groups is 1. The maximum atomic E-state index is 12.3. The molecule has 0 aliphatic heterocycles. The van der Waals surface area contributed by atoms with Gasteiger partial charge in [0.2, 0.25) is 0 Å². The van der Waals surface area contributed by atoms with Gasteiger partial charge in [0.05, 0.1) is 6.61 Å². The molecule has 0 aromatic carbocycles. The SMILES string of the molecule is CCCC/C=C/CCCCCCCCCCCC(=O)O[C@H](COC(=O)CCCCCCC/C=C/CCCCCC)COP(=O)(O)O. The van der Waals surface area contributed by atoms with Crippen LogP contribution in [0.1, 0.15) is 181 Å². The number of unbranched alkanes of at least 4 members (excludes halogenated alkanes) is 20. The molecule has 0 radical (unpaired) electrons. The van der Waals surface area contributed by atoms with E-state index in [1.807, 2.05) is 0 Å². The lowest BCUT2D eigenvalue weighted by molar-refractivity contribution is -0.161. The van der Waals surface area contributed by atoms with Crippen molar-refractivity contribution in [3.63, 3.8) is 0 Å². The van der Waals surface area contributed by atoms with Gasteiger partial charge in [-0.15, -0.1) is 0 Å². The first kappa shape index (κ1) is 44.5. The fourth-order valence-corrected chi connectivity index (χ4v) is 5.47. The van der Waals surface area contributed by atoms with Gasteiger partial charge in [0.15, 0.2) is 6.10 Å². The Bertz CT molecular complexity index is 807. The average Bonchev–Trinajstić information content (AvgIpc) is 3.02. The highest BCUT2D eigenvalue weighted by atomic mass is 31.2. The molecule has 2 N–H and O–H groups in total. The lowest BCUT2D eigenvalue weighted by atomic mass is 10.1. The van der Waals surface area contributed by atoms with Crippen molar-refractivity contribution in [3.8, 4) is 0 Å². The van der Waals surface area contributed by atoms with Crippen LogP contribution in [0.3, 0.4) is 0 Å². The van der Waals surface area contributed by atoms with E-state index < -0.39 is 32.5 Å². The summed E-state index contributed by atoms with van der Waals surface area (Å²) < 4.78 is 26.3. The van der Waals surface area contributed by atoms with Crippen LogP contribution in [0.25, 0.3) is 0 Å². The molecule has 0 bridgehead atoms. The Morgan fingerprint density at radius 2 is 0.935 bits per heavy atom. The van der Waals surface area contributed by atoms with Gasteiger partial charge >= 0.3 is 19.8 Å². The summed E-state index contributed by atoms with van der Waals surface area (Å²) in [5.41, 5.74) is 0. The predicted molar refractivity (Wildman–Crippen MR) is 189 cm³/mol. The van der Waals surface area contributed by atoms with Crippen LogP contribution in [0, 0.1) is 0 Å². The van der Waals surface area contributed by atoms with Crippen LogP contribution in [-0.4, -0.2) is 41.0 Å². The van der Waals surface area contributed by atoms with Crippen molar-refractivity contribution >= 4 is 19.8 Å². The highest BCUT2D eigenvalue weighted by Gasteiger charge is 2.22. The zero-order chi connectivity index (χ0) is 34.0. The van der Waals surface area contributed by atoms with E-state index >= 15 is 0 Å². The van der Waals surface area contributed by atoms with E-state index in [4.69, 9.17) is 19.3 Å². The molecule has 0 rings (SSSR count). The van der Waals surface area contributed by atoms with Crippen molar-refractivity contribution in [1.82, 2.24) is 0 Å². The summed E-state index contributed by atoms with van der Waals surface area (Å²) in [7, 11) is -4.75. The molecule has 0 amide bonds. The van der Waals surface area contributed by atoms with E-state index in [-0.39, 0.29) is 19.4 Å². The van der Waals surface area contributed by atoms with Gasteiger partial charge in [0.25, 0.3) is 0 Å². The molecular formula is C37H69O8P. The van der Waals surface area contributed by atoms with Crippen LogP contribution in [-0.2, 0) is 28.2 Å². The standard InChI is InChI=1S/C37H69O8P/c1-3-5-7-9-11-13-15-17-18-20-22-24-26-28-30-32-37(39)45-35(34-44-46(40,41)42)33-43-36(38)31-29-27-25-23-21-19-16-14-12-10-8-6-4-2/h9,11,14,16,35H,3-8,10,12-13,15,17-34H2,1-2H3,(H2,40,41,42)/b11-9+,16-14+/t35-/m1/s1. The minimum absolute atomic E-state index is 0.209. The topological polar surface area (TPSA) is 119 Å². The van der Waals surface area contributed by atoms with E-state index in [1.54, 1.807) is 0 Å². The van der Waals surface area contributed by atoms with Crippen LogP contribution in [0.15, 0.2) is 24.3 Å². The summed E-state index contributed by atoms with van der Waals surface area (Å²) in [6.45, 7) is 3.62. The number of carbonyl (C=O) groups excluding carboxylic acids is 2. The molecule has 0 saturated carbocycles. The summed E-state index contributed by atoms with van der Waals surface area (Å²) in [5, 5.41) is 0. The third-order valence-electron chi connectivity index (χ3n) is 7.94. The zero-order valence-corrected chi connectivity index (χ0v) is 30.4. The Morgan fingerprint density at radius 1 is 0.543 bits per heavy atom. The fourth-order valence-electron chi connectivity index (χ4n) is 5.11. The molecule has 0 fully saturated rings. The smallest absolute Gasteiger partial charge is 0.462 e. The number of esters is 2. The molecule has 0 unspecified atom stereocenters. The highest BCUT2D eigenvalue weighted by molar-refractivity contribution is 7.46. The van der Waals surface area contributed by atoms with E-state index in [2.05, 4.69) is 42.7 Å². The molecule has 9 heteroatoms. The summed E-state index contributed by atoms with van der Waals surface area (Å²) in [6, 6.07) is 0. The largest absolute Gasteiger partial charge is 0.469 e. The molecule has 0 aliphatic carbocycles. The van der Waals surface area contributed by atoms with Gasteiger partial charge in [-0.3, -0.25) is 14.1 Å². The quantitative estimate of drug-likeness (QED) is 0.0300. The van der Waals surface area contributed by atoms with Crippen molar-refractivity contribution in [2.75, 3.05) is 13.2 Å². The second-order valence-corrected chi connectivity index (χ2v) is 13.8. The van der Waals surface area contributed by atoms with Crippen molar-refractivity contribution in [1.29, 1.82) is 0 Å². The number of ether oxygens (including phenoxy) is 2. The molecule has 0 heterocycles. The lowest BCUT2D eigenvalue weighted by Gasteiger charge is -2.18. The zero-order valence-electron chi connectivity index (χ0n) is 29.5. The molecule has 0 saturated heterocycles. The van der Waals surface area contributed by atoms with Crippen molar-refractivity contribution in [2.24, 2.45) is 0 Å². The van der Waals surface area contributed by atoms with Crippen molar-refractivity contribution in [3.05, 3.63) is 24.3 Å². The Balaban J connectivity index is 3.97. The van der Waals surface area contributed by atoms with Crippen LogP contribution in [0.5, 0.6) is 0 Å². The minimum atomic E-state index is -4.75. The first-order valence-electron chi connectivity index (χ1n) is 18.6. The maximum Gasteiger partial charge on any atom is 0.469 e. The average molecular weight is 673 g/mol. The number of phosphoric acid groups is 1. The van der Waals surface area contributed by atoms with E-state index in [9.17, 15) is 14.2 Å². The Labute approximate surface area is 281 Å². The van der Waals surface area contributed by atoms with Crippen LogP contribution in [0.4, 0.5) is 0 Å². The monoisotopic (exact) mass is 672 g/mol. The van der Waals surface area contributed by atoms with Gasteiger partial charge in [-0.2, -0.15) is 0 Å². The number of hydrogen-bond donors (Lipinski definition) is 2. The van der Waals surface area contributed by atoms with E-state index in [0.29, 0.717) is 12.8 Å². The first-order chi connectivity index (χ1) is 22.3. The molecule has 0 aliphatic rings. The van der Waals surface area contributed by atoms with Gasteiger partial charge in [-0.1, -0.05) is 134 Å². The third kappa shape index (κ3) is 35.4. The molecule has 0 spiro atoms. The van der Waals surface area contributed by atoms with Crippen molar-refractivity contribution < 1.29 is 37.9 Å². The fraction of sp³-hybridized carbons (Fsp3) is 0.838. The Morgan fingerprint density at radius 3 is 1.39 bits per heavy atom. The van der Waals surface area contributed by atoms with Gasteiger partial charge < -0.3 is 19.3 Å². The summed E-state index contributed by atoms with van der Waals surface area (Å²) in [4.78, 5) is 42.6. The molecule has 270 valence electrons. The number of hydrogen-bond acceptors (Lipinski definition) is 6. The highest BCUT2D eigenvalue weighted by Crippen LogP contribution is 2.36. The Kier molecular flexibility index (Phi) is 32.4. The Hall–Kier alpha value is -1.47. The summed E-state index contributed by atoms with van der Waals surface area (Å²) in [5.74, 6) is -0.895. The van der Waals surface area contributed by atoms with Crippen LogP contribution >= 0.6 is 7.82 Å². The van der Waals surface area contributed by atoms with Crippen LogP contribution < -0.4 is 0 Å². The predicted octanol–water partition coefficient (Wildman–Crippen LogP) is 10.8. The van der Waals surface area contributed by atoms with Crippen molar-refractivity contribution in [2.45, 2.75) is 187 Å². The number of allylic oxidation sites excluding steroid dienone is 4.